The summed E-state index contributed by atoms with van der Waals surface area (Å²) in [6, 6.07) is 0. The number of ether oxygens (including phenoxy) is 1. The molecule has 2 fully saturated rings. The molecule has 0 aromatic rings. The Morgan fingerprint density at radius 1 is 1.35 bits per heavy atom. The predicted molar refractivity (Wildman–Crippen MR) is 72.7 cm³/mol. The van der Waals surface area contributed by atoms with Crippen LogP contribution in [-0.4, -0.2) is 29.2 Å². The summed E-state index contributed by atoms with van der Waals surface area (Å²) < 4.78 is 6.28. The maximum Gasteiger partial charge on any atom is 0.0708 e. The van der Waals surface area contributed by atoms with Gasteiger partial charge in [-0.25, -0.2) is 0 Å². The summed E-state index contributed by atoms with van der Waals surface area (Å²) in [5.74, 6) is 0. The Bertz CT molecular complexity index is 259. The Kier molecular flexibility index (Phi) is 4.06. The third-order valence-corrected chi connectivity index (χ3v) is 5.18. The average molecular weight is 260 g/mol. The second kappa shape index (κ2) is 5.07. The lowest BCUT2D eigenvalue weighted by molar-refractivity contribution is -0.0370. The molecule has 0 radical (unpaired) electrons. The Morgan fingerprint density at radius 3 is 2.59 bits per heavy atom. The van der Waals surface area contributed by atoms with E-state index < -0.39 is 0 Å². The molecule has 2 aliphatic rings. The number of hydrogen-bond donors (Lipinski definition) is 1. The van der Waals surface area contributed by atoms with Crippen molar-refractivity contribution < 1.29 is 4.74 Å². The van der Waals surface area contributed by atoms with Gasteiger partial charge < -0.3 is 10.1 Å². The van der Waals surface area contributed by atoms with Crippen molar-refractivity contribution in [3.8, 4) is 0 Å². The Morgan fingerprint density at radius 2 is 2.00 bits per heavy atom. The van der Waals surface area contributed by atoms with Crippen LogP contribution < -0.4 is 5.32 Å². The van der Waals surface area contributed by atoms with Gasteiger partial charge in [-0.1, -0.05) is 12.8 Å². The van der Waals surface area contributed by atoms with E-state index in [1.165, 1.54) is 38.5 Å². The molecule has 100 valence electrons. The molecule has 0 amide bonds. The SMILES string of the molecule is CC(Cl)C(C)(C)NCC1CCC2(CCCC2)O1. The van der Waals surface area contributed by atoms with E-state index >= 15 is 0 Å². The molecule has 0 aromatic heterocycles. The zero-order chi connectivity index (χ0) is 12.5. The smallest absolute Gasteiger partial charge is 0.0708 e. The molecule has 1 aliphatic heterocycles. The maximum atomic E-state index is 6.28. The standard InChI is InChI=1S/C14H26ClNO/c1-11(15)13(2,3)16-10-12-6-9-14(17-12)7-4-5-8-14/h11-12,16H,4-10H2,1-3H3. The fourth-order valence-electron chi connectivity index (χ4n) is 2.94. The summed E-state index contributed by atoms with van der Waals surface area (Å²) in [4.78, 5) is 0. The highest BCUT2D eigenvalue weighted by atomic mass is 35.5. The van der Waals surface area contributed by atoms with Crippen LogP contribution >= 0.6 is 11.6 Å². The Hall–Kier alpha value is 0.210. The van der Waals surface area contributed by atoms with Gasteiger partial charge in [0.25, 0.3) is 0 Å². The molecular formula is C14H26ClNO. The highest BCUT2D eigenvalue weighted by molar-refractivity contribution is 6.21. The first-order valence-corrected chi connectivity index (χ1v) is 7.44. The molecule has 17 heavy (non-hydrogen) atoms. The maximum absolute atomic E-state index is 6.28. The highest BCUT2D eigenvalue weighted by Crippen LogP contribution is 2.43. The van der Waals surface area contributed by atoms with Crippen LogP contribution in [0.25, 0.3) is 0 Å². The number of alkyl halides is 1. The van der Waals surface area contributed by atoms with Crippen LogP contribution in [-0.2, 0) is 4.74 Å². The van der Waals surface area contributed by atoms with Gasteiger partial charge in [0.05, 0.1) is 11.7 Å². The molecule has 2 unspecified atom stereocenters. The minimum Gasteiger partial charge on any atom is -0.370 e. The normalized spacial score (nSPS) is 30.0. The highest BCUT2D eigenvalue weighted by Gasteiger charge is 2.42. The molecule has 2 nitrogen and oxygen atoms in total. The summed E-state index contributed by atoms with van der Waals surface area (Å²) in [6.45, 7) is 7.30. The molecule has 1 spiro atoms. The van der Waals surface area contributed by atoms with Crippen LogP contribution in [0, 0.1) is 0 Å². The minimum atomic E-state index is -0.0175. The summed E-state index contributed by atoms with van der Waals surface area (Å²) in [6.07, 6.45) is 8.12. The topological polar surface area (TPSA) is 21.3 Å². The van der Waals surface area contributed by atoms with Crippen LogP contribution in [0.15, 0.2) is 0 Å². The molecule has 3 heteroatoms. The van der Waals surface area contributed by atoms with Crippen LogP contribution in [0.2, 0.25) is 0 Å². The third-order valence-electron chi connectivity index (χ3n) is 4.63. The quantitative estimate of drug-likeness (QED) is 0.781. The van der Waals surface area contributed by atoms with Gasteiger partial charge in [-0.3, -0.25) is 0 Å². The summed E-state index contributed by atoms with van der Waals surface area (Å²) in [5.41, 5.74) is 0.236. The number of nitrogens with one attached hydrogen (secondary N) is 1. The van der Waals surface area contributed by atoms with Gasteiger partial charge in [-0.2, -0.15) is 0 Å². The average Bonchev–Trinajstić information content (AvgIpc) is 2.87. The first-order valence-electron chi connectivity index (χ1n) is 7.00. The molecule has 1 heterocycles. The van der Waals surface area contributed by atoms with Gasteiger partial charge in [0.1, 0.15) is 0 Å². The van der Waals surface area contributed by atoms with Gasteiger partial charge >= 0.3 is 0 Å². The zero-order valence-electron chi connectivity index (χ0n) is 11.4. The summed E-state index contributed by atoms with van der Waals surface area (Å²) in [7, 11) is 0. The van der Waals surface area contributed by atoms with Gasteiger partial charge in [0.15, 0.2) is 0 Å². The van der Waals surface area contributed by atoms with E-state index in [2.05, 4.69) is 19.2 Å². The molecule has 1 saturated heterocycles. The van der Waals surface area contributed by atoms with Crippen molar-refractivity contribution >= 4 is 11.6 Å². The van der Waals surface area contributed by atoms with Crippen molar-refractivity contribution in [2.24, 2.45) is 0 Å². The van der Waals surface area contributed by atoms with E-state index in [4.69, 9.17) is 16.3 Å². The van der Waals surface area contributed by atoms with Crippen LogP contribution in [0.1, 0.15) is 59.3 Å². The van der Waals surface area contributed by atoms with Crippen LogP contribution in [0.5, 0.6) is 0 Å². The molecule has 0 bridgehead atoms. The Balaban J connectivity index is 1.78. The number of hydrogen-bond acceptors (Lipinski definition) is 2. The molecule has 1 N–H and O–H groups in total. The molecule has 1 saturated carbocycles. The Labute approximate surface area is 110 Å². The van der Waals surface area contributed by atoms with Gasteiger partial charge in [-0.05, 0) is 46.5 Å². The van der Waals surface area contributed by atoms with Gasteiger partial charge in [0.2, 0.25) is 0 Å². The van der Waals surface area contributed by atoms with Crippen molar-refractivity contribution in [3.63, 3.8) is 0 Å². The fraction of sp³-hybridized carbons (Fsp3) is 1.00. The van der Waals surface area contributed by atoms with Crippen LogP contribution in [0.4, 0.5) is 0 Å². The summed E-state index contributed by atoms with van der Waals surface area (Å²) in [5, 5.41) is 3.68. The van der Waals surface area contributed by atoms with Crippen molar-refractivity contribution in [1.82, 2.24) is 5.32 Å². The fourth-order valence-corrected chi connectivity index (χ4v) is 3.02. The molecular weight excluding hydrogens is 234 g/mol. The molecule has 2 rings (SSSR count). The van der Waals surface area contributed by atoms with E-state index in [1.807, 2.05) is 6.92 Å². The van der Waals surface area contributed by atoms with Crippen molar-refractivity contribution in [3.05, 3.63) is 0 Å². The second-order valence-electron chi connectivity index (χ2n) is 6.39. The van der Waals surface area contributed by atoms with E-state index in [0.717, 1.165) is 6.54 Å². The van der Waals surface area contributed by atoms with E-state index in [0.29, 0.717) is 6.10 Å². The lowest BCUT2D eigenvalue weighted by Gasteiger charge is -2.31. The van der Waals surface area contributed by atoms with Gasteiger partial charge in [-0.15, -0.1) is 11.6 Å². The van der Waals surface area contributed by atoms with E-state index in [9.17, 15) is 0 Å². The number of halogens is 1. The van der Waals surface area contributed by atoms with Crippen molar-refractivity contribution in [2.45, 2.75) is 81.9 Å². The largest absolute Gasteiger partial charge is 0.370 e. The lowest BCUT2D eigenvalue weighted by atomic mass is 9.98. The third kappa shape index (κ3) is 3.15. The first-order chi connectivity index (χ1) is 7.94. The molecule has 2 atom stereocenters. The van der Waals surface area contributed by atoms with E-state index in [-0.39, 0.29) is 16.5 Å². The zero-order valence-corrected chi connectivity index (χ0v) is 12.1. The lowest BCUT2D eigenvalue weighted by Crippen LogP contribution is -2.49. The van der Waals surface area contributed by atoms with Crippen molar-refractivity contribution in [1.29, 1.82) is 0 Å². The minimum absolute atomic E-state index is 0.0175. The predicted octanol–water partition coefficient (Wildman–Crippen LogP) is 3.47. The monoisotopic (exact) mass is 259 g/mol. The second-order valence-corrected chi connectivity index (χ2v) is 7.04. The molecule has 0 aromatic carbocycles. The molecule has 1 aliphatic carbocycles. The summed E-state index contributed by atoms with van der Waals surface area (Å²) >= 11 is 6.17. The first kappa shape index (κ1) is 13.6. The number of rotatable bonds is 4. The van der Waals surface area contributed by atoms with Crippen molar-refractivity contribution in [2.75, 3.05) is 6.54 Å². The van der Waals surface area contributed by atoms with E-state index in [1.54, 1.807) is 0 Å². The van der Waals surface area contributed by atoms with Crippen LogP contribution in [0.3, 0.4) is 0 Å². The van der Waals surface area contributed by atoms with Gasteiger partial charge in [0, 0.05) is 17.5 Å².